The summed E-state index contributed by atoms with van der Waals surface area (Å²) in [5.74, 6) is -0.340. The zero-order valence-corrected chi connectivity index (χ0v) is 14.1. The van der Waals surface area contributed by atoms with Crippen molar-refractivity contribution >= 4 is 22.5 Å². The Balaban J connectivity index is 1.83. The number of nitrogens with zero attached hydrogens (tertiary/aromatic N) is 2. The number of aromatic nitrogens is 2. The molecule has 6 nitrogen and oxygen atoms in total. The summed E-state index contributed by atoms with van der Waals surface area (Å²) < 4.78 is 19.0. The van der Waals surface area contributed by atoms with Gasteiger partial charge in [0.15, 0.2) is 5.69 Å². The van der Waals surface area contributed by atoms with Crippen molar-refractivity contribution in [1.82, 2.24) is 15.5 Å². The molecule has 1 fully saturated rings. The summed E-state index contributed by atoms with van der Waals surface area (Å²) in [5, 5.41) is 11.7. The van der Waals surface area contributed by atoms with E-state index in [1.807, 2.05) is 0 Å². The summed E-state index contributed by atoms with van der Waals surface area (Å²) in [6.45, 7) is 0. The molecule has 0 saturated heterocycles. The molecule has 0 spiro atoms. The fourth-order valence-electron chi connectivity index (χ4n) is 2.87. The number of anilines is 1. The zero-order valence-electron chi connectivity index (χ0n) is 14.1. The van der Waals surface area contributed by atoms with Crippen molar-refractivity contribution in [2.45, 2.75) is 18.9 Å². The Labute approximate surface area is 149 Å². The largest absolute Gasteiger partial charge is 0.497 e. The van der Waals surface area contributed by atoms with Crippen LogP contribution in [0.5, 0.6) is 5.75 Å². The van der Waals surface area contributed by atoms with E-state index in [0.717, 1.165) is 12.8 Å². The van der Waals surface area contributed by atoms with Crippen molar-refractivity contribution in [2.24, 2.45) is 0 Å². The van der Waals surface area contributed by atoms with Crippen LogP contribution in [0.15, 0.2) is 36.4 Å². The van der Waals surface area contributed by atoms with Crippen molar-refractivity contribution in [3.8, 4) is 16.9 Å². The van der Waals surface area contributed by atoms with Crippen molar-refractivity contribution in [3.05, 3.63) is 47.9 Å². The molecular weight excluding hydrogens is 335 g/mol. The number of carbonyl (C=O) groups excluding carboxylic acids is 1. The standard InChI is InChI=1S/C19H17FN4O2/c1-26-13-8-10(7-11(20)9-13)14-3-2-4-15-16(21)18(24-23-17(14)15)19(25)22-12-5-6-12/h2-4,7-9,12H,5-6H2,1H3,(H2,21,23)(H,22,25). The van der Waals surface area contributed by atoms with E-state index in [-0.39, 0.29) is 23.3 Å². The van der Waals surface area contributed by atoms with E-state index in [1.165, 1.54) is 19.2 Å². The van der Waals surface area contributed by atoms with Crippen molar-refractivity contribution in [1.29, 1.82) is 0 Å². The second kappa shape index (κ2) is 6.25. The van der Waals surface area contributed by atoms with Gasteiger partial charge in [0.2, 0.25) is 0 Å². The maximum Gasteiger partial charge on any atom is 0.274 e. The molecule has 1 aromatic heterocycles. The molecule has 4 rings (SSSR count). The van der Waals surface area contributed by atoms with Crippen LogP contribution in [0.25, 0.3) is 22.0 Å². The number of carbonyl (C=O) groups is 1. The van der Waals surface area contributed by atoms with Gasteiger partial charge in [-0.25, -0.2) is 4.39 Å². The highest BCUT2D eigenvalue weighted by Crippen LogP contribution is 2.33. The fraction of sp³-hybridized carbons (Fsp3) is 0.211. The van der Waals surface area contributed by atoms with Gasteiger partial charge in [0, 0.05) is 23.1 Å². The average Bonchev–Trinajstić information content (AvgIpc) is 3.45. The lowest BCUT2D eigenvalue weighted by molar-refractivity contribution is 0.0946. The normalized spacial score (nSPS) is 13.6. The second-order valence-corrected chi connectivity index (χ2v) is 6.29. The molecule has 1 aliphatic rings. The number of fused-ring (bicyclic) bond motifs is 1. The third kappa shape index (κ3) is 2.92. The minimum atomic E-state index is -0.419. The third-order valence-corrected chi connectivity index (χ3v) is 4.38. The Kier molecular flexibility index (Phi) is 3.91. The van der Waals surface area contributed by atoms with Crippen molar-refractivity contribution in [3.63, 3.8) is 0 Å². The monoisotopic (exact) mass is 352 g/mol. The highest BCUT2D eigenvalue weighted by molar-refractivity contribution is 6.07. The molecule has 3 N–H and O–H groups in total. The van der Waals surface area contributed by atoms with Gasteiger partial charge in [0.25, 0.3) is 5.91 Å². The Morgan fingerprint density at radius 2 is 2.08 bits per heavy atom. The van der Waals surface area contributed by atoms with Crippen LogP contribution in [-0.2, 0) is 0 Å². The summed E-state index contributed by atoms with van der Waals surface area (Å²) in [6, 6.07) is 9.96. The predicted molar refractivity (Wildman–Crippen MR) is 96.4 cm³/mol. The number of amides is 1. The van der Waals surface area contributed by atoms with Gasteiger partial charge in [-0.3, -0.25) is 4.79 Å². The first-order valence-electron chi connectivity index (χ1n) is 8.27. The Morgan fingerprint density at radius 1 is 1.27 bits per heavy atom. The number of nitrogens with one attached hydrogen (secondary N) is 1. The molecule has 0 atom stereocenters. The number of hydrogen-bond donors (Lipinski definition) is 2. The lowest BCUT2D eigenvalue weighted by Crippen LogP contribution is -2.27. The molecule has 0 radical (unpaired) electrons. The smallest absolute Gasteiger partial charge is 0.274 e. The lowest BCUT2D eigenvalue weighted by atomic mass is 10.0. The number of hydrogen-bond acceptors (Lipinski definition) is 5. The number of halogens is 1. The SMILES string of the molecule is COc1cc(F)cc(-c2cccc3c(N)c(C(=O)NC4CC4)nnc23)c1. The molecule has 1 heterocycles. The minimum Gasteiger partial charge on any atom is -0.497 e. The second-order valence-electron chi connectivity index (χ2n) is 6.29. The fourth-order valence-corrected chi connectivity index (χ4v) is 2.87. The van der Waals surface area contributed by atoms with Gasteiger partial charge in [0.1, 0.15) is 17.1 Å². The Hall–Kier alpha value is -3.22. The van der Waals surface area contributed by atoms with E-state index >= 15 is 0 Å². The maximum atomic E-state index is 13.9. The summed E-state index contributed by atoms with van der Waals surface area (Å²) in [7, 11) is 1.48. The van der Waals surface area contributed by atoms with E-state index in [0.29, 0.717) is 27.8 Å². The molecule has 2 aromatic carbocycles. The molecule has 1 saturated carbocycles. The first-order chi connectivity index (χ1) is 12.6. The van der Waals surface area contributed by atoms with Crippen LogP contribution >= 0.6 is 0 Å². The summed E-state index contributed by atoms with van der Waals surface area (Å²) in [6.07, 6.45) is 1.94. The van der Waals surface area contributed by atoms with Gasteiger partial charge in [0.05, 0.1) is 12.8 Å². The van der Waals surface area contributed by atoms with Crippen LogP contribution < -0.4 is 15.8 Å². The number of rotatable bonds is 4. The molecule has 0 bridgehead atoms. The summed E-state index contributed by atoms with van der Waals surface area (Å²) >= 11 is 0. The molecule has 7 heteroatoms. The first kappa shape index (κ1) is 16.3. The van der Waals surface area contributed by atoms with E-state index in [1.54, 1.807) is 24.3 Å². The summed E-state index contributed by atoms with van der Waals surface area (Å²) in [4.78, 5) is 12.3. The number of nitrogens with two attached hydrogens (primary N) is 1. The van der Waals surface area contributed by atoms with Crippen molar-refractivity contribution in [2.75, 3.05) is 12.8 Å². The third-order valence-electron chi connectivity index (χ3n) is 4.38. The molecule has 3 aromatic rings. The highest BCUT2D eigenvalue weighted by atomic mass is 19.1. The molecule has 26 heavy (non-hydrogen) atoms. The van der Waals surface area contributed by atoms with Gasteiger partial charge >= 0.3 is 0 Å². The van der Waals surface area contributed by atoms with E-state index in [9.17, 15) is 9.18 Å². The van der Waals surface area contributed by atoms with E-state index in [2.05, 4.69) is 15.5 Å². The van der Waals surface area contributed by atoms with Crippen LogP contribution in [0.3, 0.4) is 0 Å². The van der Waals surface area contributed by atoms with Crippen LogP contribution in [0.4, 0.5) is 10.1 Å². The Bertz CT molecular complexity index is 1020. The lowest BCUT2D eigenvalue weighted by Gasteiger charge is -2.11. The van der Waals surface area contributed by atoms with Gasteiger partial charge in [-0.1, -0.05) is 18.2 Å². The van der Waals surface area contributed by atoms with Gasteiger partial charge in [-0.05, 0) is 30.5 Å². The van der Waals surface area contributed by atoms with E-state index in [4.69, 9.17) is 10.5 Å². The quantitative estimate of drug-likeness (QED) is 0.753. The molecular formula is C19H17FN4O2. The van der Waals surface area contributed by atoms with Gasteiger partial charge < -0.3 is 15.8 Å². The maximum absolute atomic E-state index is 13.9. The predicted octanol–water partition coefficient (Wildman–Crippen LogP) is 2.92. The van der Waals surface area contributed by atoms with E-state index < -0.39 is 5.82 Å². The molecule has 1 amide bonds. The zero-order chi connectivity index (χ0) is 18.3. The topological polar surface area (TPSA) is 90.1 Å². The van der Waals surface area contributed by atoms with Crippen LogP contribution in [0.1, 0.15) is 23.3 Å². The van der Waals surface area contributed by atoms with Crippen LogP contribution in [0, 0.1) is 5.82 Å². The van der Waals surface area contributed by atoms with Gasteiger partial charge in [-0.2, -0.15) is 0 Å². The first-order valence-corrected chi connectivity index (χ1v) is 8.27. The molecule has 1 aliphatic carbocycles. The Morgan fingerprint density at radius 3 is 2.81 bits per heavy atom. The molecule has 132 valence electrons. The van der Waals surface area contributed by atoms with Gasteiger partial charge in [-0.15, -0.1) is 10.2 Å². The summed E-state index contributed by atoms with van der Waals surface area (Å²) in [5.41, 5.74) is 8.31. The van der Waals surface area contributed by atoms with Crippen molar-refractivity contribution < 1.29 is 13.9 Å². The van der Waals surface area contributed by atoms with Crippen LogP contribution in [-0.4, -0.2) is 29.3 Å². The number of benzene rings is 2. The number of nitrogen functional groups attached to an aromatic ring is 1. The van der Waals surface area contributed by atoms with Crippen LogP contribution in [0.2, 0.25) is 0 Å². The minimum absolute atomic E-state index is 0.110. The number of methoxy groups -OCH3 is 1. The highest BCUT2D eigenvalue weighted by Gasteiger charge is 2.26. The average molecular weight is 352 g/mol. The number of ether oxygens (including phenoxy) is 1. The molecule has 0 unspecified atom stereocenters. The molecule has 0 aliphatic heterocycles.